The molecule has 2 heterocycles. The Morgan fingerprint density at radius 2 is 1.29 bits per heavy atom. The summed E-state index contributed by atoms with van der Waals surface area (Å²) in [6.45, 7) is 36.0. The summed E-state index contributed by atoms with van der Waals surface area (Å²) >= 11 is 0. The van der Waals surface area contributed by atoms with Crippen LogP contribution in [0.3, 0.4) is 0 Å². The highest BCUT2D eigenvalue weighted by atomic mass is 16.1. The molecule has 0 atom stereocenters. The fourth-order valence-electron chi connectivity index (χ4n) is 7.03. The molecule has 0 radical (unpaired) electrons. The molecule has 2 rings (SSSR count). The molecule has 0 bridgehead atoms. The number of rotatable bonds is 11. The van der Waals surface area contributed by atoms with Gasteiger partial charge in [-0.25, -0.2) is 0 Å². The van der Waals surface area contributed by atoms with Gasteiger partial charge in [-0.15, -0.1) is 0 Å². The quantitative estimate of drug-likeness (QED) is 0.326. The van der Waals surface area contributed by atoms with E-state index >= 15 is 0 Å². The van der Waals surface area contributed by atoms with Crippen LogP contribution < -0.4 is 0 Å². The fraction of sp³-hybridized carbons (Fsp3) is 0.968. The second kappa shape index (κ2) is 11.5. The smallest absolute Gasteiger partial charge is 0.142 e. The van der Waals surface area contributed by atoms with E-state index in [1.807, 2.05) is 13.8 Å². The van der Waals surface area contributed by atoms with Gasteiger partial charge in [-0.1, -0.05) is 55.4 Å². The first-order valence-electron chi connectivity index (χ1n) is 14.7. The van der Waals surface area contributed by atoms with Crippen molar-refractivity contribution in [3.63, 3.8) is 0 Å². The van der Waals surface area contributed by atoms with Crippen LogP contribution in [0.5, 0.6) is 0 Å². The molecular weight excluding hydrogens is 430 g/mol. The Morgan fingerprint density at radius 3 is 1.74 bits per heavy atom. The maximum absolute atomic E-state index is 13.0. The van der Waals surface area contributed by atoms with Crippen molar-refractivity contribution in [1.29, 1.82) is 0 Å². The minimum absolute atomic E-state index is 0.0834. The molecule has 0 aromatic heterocycles. The lowest BCUT2D eigenvalue weighted by atomic mass is 9.65. The third-order valence-electron chi connectivity index (χ3n) is 10.2. The van der Waals surface area contributed by atoms with Gasteiger partial charge in [-0.05, 0) is 90.3 Å². The molecule has 206 valence electrons. The molecular formula is C31H61N3O. The number of hydrogen-bond donors (Lipinski definition) is 0. The highest BCUT2D eigenvalue weighted by Gasteiger charge is 2.49. The third kappa shape index (κ3) is 7.32. The first-order valence-corrected chi connectivity index (χ1v) is 14.7. The highest BCUT2D eigenvalue weighted by molar-refractivity contribution is 5.87. The summed E-state index contributed by atoms with van der Waals surface area (Å²) in [7, 11) is 0. The number of Topliss-reactive ketones (excluding diaryl/α,β-unsaturated/α-hetero) is 1. The SMILES string of the molecule is CC(C)CCN1CCN(C(C)(C)CC(C)(C)C2CCN(C(C)(C)C(C)(C)C(=O)C(C)C)CC2)CC1. The second-order valence-corrected chi connectivity index (χ2v) is 15.0. The minimum atomic E-state index is -0.344. The van der Waals surface area contributed by atoms with Crippen LogP contribution in [0.2, 0.25) is 0 Å². The monoisotopic (exact) mass is 491 g/mol. The Morgan fingerprint density at radius 1 is 0.771 bits per heavy atom. The maximum atomic E-state index is 13.0. The van der Waals surface area contributed by atoms with E-state index in [4.69, 9.17) is 0 Å². The summed E-state index contributed by atoms with van der Waals surface area (Å²) in [5, 5.41) is 0. The predicted octanol–water partition coefficient (Wildman–Crippen LogP) is 6.59. The molecule has 0 saturated carbocycles. The van der Waals surface area contributed by atoms with Crippen molar-refractivity contribution in [3.8, 4) is 0 Å². The number of carbonyl (C=O) groups is 1. The summed E-state index contributed by atoms with van der Waals surface area (Å²) in [5.74, 6) is 2.00. The maximum Gasteiger partial charge on any atom is 0.142 e. The van der Waals surface area contributed by atoms with Crippen LogP contribution in [0, 0.1) is 28.6 Å². The summed E-state index contributed by atoms with van der Waals surface area (Å²) < 4.78 is 0. The molecule has 0 amide bonds. The Balaban J connectivity index is 1.94. The Bertz CT molecular complexity index is 675. The molecule has 0 aromatic rings. The van der Waals surface area contributed by atoms with E-state index < -0.39 is 0 Å². The Hall–Kier alpha value is -0.450. The van der Waals surface area contributed by atoms with Crippen LogP contribution in [-0.2, 0) is 4.79 Å². The normalized spacial score (nSPS) is 21.3. The summed E-state index contributed by atoms with van der Waals surface area (Å²) in [6.07, 6.45) is 5.04. The van der Waals surface area contributed by atoms with Gasteiger partial charge in [0.1, 0.15) is 5.78 Å². The Labute approximate surface area is 219 Å². The number of piperidine rings is 1. The molecule has 2 aliphatic rings. The molecule has 4 nitrogen and oxygen atoms in total. The number of piperazine rings is 1. The van der Waals surface area contributed by atoms with E-state index in [1.54, 1.807) is 0 Å². The van der Waals surface area contributed by atoms with Gasteiger partial charge in [0.15, 0.2) is 0 Å². The third-order valence-corrected chi connectivity index (χ3v) is 10.2. The van der Waals surface area contributed by atoms with E-state index in [0.29, 0.717) is 11.2 Å². The molecule has 0 aliphatic carbocycles. The largest absolute Gasteiger partial charge is 0.301 e. The number of nitrogens with zero attached hydrogens (tertiary/aromatic N) is 3. The number of carbonyl (C=O) groups excluding carboxylic acids is 1. The van der Waals surface area contributed by atoms with E-state index in [2.05, 4.69) is 83.9 Å². The van der Waals surface area contributed by atoms with Crippen LogP contribution in [0.4, 0.5) is 0 Å². The van der Waals surface area contributed by atoms with Gasteiger partial charge in [0, 0.05) is 48.6 Å². The van der Waals surface area contributed by atoms with Crippen LogP contribution in [0.1, 0.15) is 109 Å². The van der Waals surface area contributed by atoms with Gasteiger partial charge in [-0.2, -0.15) is 0 Å². The van der Waals surface area contributed by atoms with Gasteiger partial charge in [0.05, 0.1) is 0 Å². The first kappa shape index (κ1) is 30.8. The van der Waals surface area contributed by atoms with Gasteiger partial charge in [0.2, 0.25) is 0 Å². The van der Waals surface area contributed by atoms with Crippen molar-refractivity contribution in [2.75, 3.05) is 45.8 Å². The van der Waals surface area contributed by atoms with Crippen LogP contribution in [-0.4, -0.2) is 77.4 Å². The zero-order valence-corrected chi connectivity index (χ0v) is 25.8. The van der Waals surface area contributed by atoms with Crippen molar-refractivity contribution in [2.45, 2.75) is 120 Å². The van der Waals surface area contributed by atoms with Crippen LogP contribution >= 0.6 is 0 Å². The number of ketones is 1. The van der Waals surface area contributed by atoms with Crippen molar-refractivity contribution in [3.05, 3.63) is 0 Å². The van der Waals surface area contributed by atoms with Crippen LogP contribution in [0.25, 0.3) is 0 Å². The Kier molecular flexibility index (Phi) is 10.1. The van der Waals surface area contributed by atoms with E-state index in [1.165, 1.54) is 58.4 Å². The van der Waals surface area contributed by atoms with Gasteiger partial charge >= 0.3 is 0 Å². The second-order valence-electron chi connectivity index (χ2n) is 15.0. The average Bonchev–Trinajstić information content (AvgIpc) is 2.76. The van der Waals surface area contributed by atoms with E-state index in [9.17, 15) is 4.79 Å². The van der Waals surface area contributed by atoms with Crippen molar-refractivity contribution < 1.29 is 4.79 Å². The molecule has 2 fully saturated rings. The molecule has 0 spiro atoms. The standard InChI is InChI=1S/C31H61N3O/c1-24(2)13-16-32-19-21-33(22-20-32)29(7,8)23-28(5,6)26-14-17-34(18-15-26)31(11,12)30(9,10)27(35)25(3)4/h24-26H,13-23H2,1-12H3. The highest BCUT2D eigenvalue weighted by Crippen LogP contribution is 2.46. The number of hydrogen-bond acceptors (Lipinski definition) is 4. The van der Waals surface area contributed by atoms with Crippen molar-refractivity contribution in [2.24, 2.45) is 28.6 Å². The summed E-state index contributed by atoms with van der Waals surface area (Å²) in [6, 6.07) is 0. The zero-order valence-electron chi connectivity index (χ0n) is 25.8. The molecule has 35 heavy (non-hydrogen) atoms. The van der Waals surface area contributed by atoms with E-state index in [0.717, 1.165) is 24.9 Å². The van der Waals surface area contributed by atoms with Gasteiger partial charge in [-0.3, -0.25) is 14.6 Å². The molecule has 0 N–H and O–H groups in total. The van der Waals surface area contributed by atoms with E-state index in [-0.39, 0.29) is 22.4 Å². The predicted molar refractivity (Wildman–Crippen MR) is 152 cm³/mol. The molecule has 0 unspecified atom stereocenters. The lowest BCUT2D eigenvalue weighted by Crippen LogP contribution is -2.60. The van der Waals surface area contributed by atoms with Gasteiger partial charge < -0.3 is 4.90 Å². The topological polar surface area (TPSA) is 26.8 Å². The molecule has 4 heteroatoms. The minimum Gasteiger partial charge on any atom is -0.301 e. The van der Waals surface area contributed by atoms with Crippen molar-refractivity contribution >= 4 is 5.78 Å². The lowest BCUT2D eigenvalue weighted by molar-refractivity contribution is -0.140. The van der Waals surface area contributed by atoms with Gasteiger partial charge in [0.25, 0.3) is 0 Å². The van der Waals surface area contributed by atoms with Crippen LogP contribution in [0.15, 0.2) is 0 Å². The fourth-order valence-corrected chi connectivity index (χ4v) is 7.03. The number of likely N-dealkylation sites (tertiary alicyclic amines) is 1. The first-order chi connectivity index (χ1) is 15.9. The summed E-state index contributed by atoms with van der Waals surface area (Å²) in [4.78, 5) is 21.1. The molecule has 2 saturated heterocycles. The lowest BCUT2D eigenvalue weighted by Gasteiger charge is -2.54. The average molecular weight is 492 g/mol. The molecule has 2 aliphatic heterocycles. The molecule has 0 aromatic carbocycles. The summed E-state index contributed by atoms with van der Waals surface area (Å²) in [5.41, 5.74) is 0.0777. The van der Waals surface area contributed by atoms with Crippen molar-refractivity contribution in [1.82, 2.24) is 14.7 Å². The zero-order chi connectivity index (χ0) is 26.8.